The number of aliphatic hydroxyl groups is 1. The highest BCUT2D eigenvalue weighted by atomic mass is 16.4. The Morgan fingerprint density at radius 1 is 0.584 bits per heavy atom. The number of para-hydroxylation sites is 1. The van der Waals surface area contributed by atoms with Gasteiger partial charge in [0.25, 0.3) is 0 Å². The lowest BCUT2D eigenvalue weighted by Crippen LogP contribution is -2.61. The molecule has 77 heavy (non-hydrogen) atoms. The first-order valence-electron chi connectivity index (χ1n) is 26.9. The van der Waals surface area contributed by atoms with E-state index in [0.717, 1.165) is 16.5 Å². The van der Waals surface area contributed by atoms with Gasteiger partial charge in [0.1, 0.15) is 48.3 Å². The van der Waals surface area contributed by atoms with Crippen LogP contribution in [0.5, 0.6) is 0 Å². The van der Waals surface area contributed by atoms with Crippen LogP contribution in [0.15, 0.2) is 60.8 Å². The summed E-state index contributed by atoms with van der Waals surface area (Å²) in [6.45, 7) is 17.1. The number of aliphatic carboxylic acids is 1. The van der Waals surface area contributed by atoms with Crippen LogP contribution >= 0.6 is 0 Å². The minimum absolute atomic E-state index is 0.0433. The summed E-state index contributed by atoms with van der Waals surface area (Å²) >= 11 is 0. The van der Waals surface area contributed by atoms with Crippen molar-refractivity contribution in [3.8, 4) is 0 Å². The SMILES string of the molecule is CC(C)C[C@H](NC(=O)[C@H](CO)NC(=O)[C@H](CC(C)C)NC(=O)[C@@H](N)Cc1c[nH]c2ccccc12)C(=O)N[C@@H](CC(C)C)C(=O)N[C@H](C(=O)N1CCC[C@H]1C(=O)N[C@@H](Cc1ccccc1)C(=O)N[C@H](C(=O)O)C(C)C)C(C)C. The number of carbonyl (C=O) groups excluding carboxylic acids is 8. The van der Waals surface area contributed by atoms with Gasteiger partial charge in [-0.25, -0.2) is 4.79 Å². The van der Waals surface area contributed by atoms with Crippen molar-refractivity contribution >= 4 is 64.1 Å². The molecule has 0 aliphatic carbocycles. The predicted octanol–water partition coefficient (Wildman–Crippen LogP) is 2.19. The maximum Gasteiger partial charge on any atom is 0.326 e. The van der Waals surface area contributed by atoms with Gasteiger partial charge in [0.15, 0.2) is 0 Å². The Kier molecular flexibility index (Phi) is 24.1. The molecule has 21 nitrogen and oxygen atoms in total. The van der Waals surface area contributed by atoms with E-state index in [9.17, 15) is 53.4 Å². The molecule has 1 fully saturated rings. The number of H-pyrrole nitrogens is 1. The van der Waals surface area contributed by atoms with Crippen molar-refractivity contribution in [3.63, 3.8) is 0 Å². The largest absolute Gasteiger partial charge is 0.480 e. The van der Waals surface area contributed by atoms with Gasteiger partial charge in [-0.2, -0.15) is 0 Å². The molecule has 0 spiro atoms. The van der Waals surface area contributed by atoms with Gasteiger partial charge >= 0.3 is 5.97 Å². The zero-order chi connectivity index (χ0) is 57.3. The van der Waals surface area contributed by atoms with Gasteiger partial charge in [0, 0.05) is 30.1 Å². The molecule has 4 rings (SSSR count). The maximum absolute atomic E-state index is 14.5. The fourth-order valence-electron chi connectivity index (χ4n) is 9.37. The Morgan fingerprint density at radius 3 is 1.57 bits per heavy atom. The number of nitrogens with zero attached hydrogens (tertiary/aromatic N) is 1. The monoisotopic (exact) mass is 1070 g/mol. The van der Waals surface area contributed by atoms with Crippen LogP contribution in [-0.2, 0) is 56.0 Å². The van der Waals surface area contributed by atoms with Crippen molar-refractivity contribution in [3.05, 3.63) is 71.9 Å². The normalized spacial score (nSPS) is 16.7. The van der Waals surface area contributed by atoms with Crippen molar-refractivity contribution in [2.75, 3.05) is 13.2 Å². The number of benzene rings is 2. The molecule has 0 radical (unpaired) electrons. The number of fused-ring (bicyclic) bond motifs is 1. The van der Waals surface area contributed by atoms with E-state index in [4.69, 9.17) is 5.73 Å². The number of aliphatic hydroxyl groups excluding tert-OH is 1. The molecule has 1 aromatic heterocycles. The van der Waals surface area contributed by atoms with Gasteiger partial charge in [-0.1, -0.05) is 118 Å². The number of hydrogen-bond acceptors (Lipinski definition) is 11. The summed E-state index contributed by atoms with van der Waals surface area (Å²) in [5, 5.41) is 39.9. The Labute approximate surface area is 452 Å². The van der Waals surface area contributed by atoms with E-state index >= 15 is 0 Å². The first-order valence-corrected chi connectivity index (χ1v) is 26.9. The summed E-state index contributed by atoms with van der Waals surface area (Å²) in [5.74, 6) is -8.10. The summed E-state index contributed by atoms with van der Waals surface area (Å²) in [5.41, 5.74) is 8.75. The molecule has 1 aliphatic heterocycles. The standard InChI is InChI=1S/C56H84N10O11/c1-30(2)23-40(59-48(68)38(57)27-36-28-58-39-20-15-14-19-37(36)39)50(70)63-44(29-67)53(73)61-41(24-31(3)4)49(69)60-42(25-32(5)6)51(71)64-46(33(7)8)55(75)66-22-16-21-45(66)54(74)62-43(26-35-17-12-11-13-18-35)52(72)65-47(34(9)10)56(76)77/h11-15,17-20,28,30-34,38,40-47,58,67H,16,21-27,29,57H2,1-10H3,(H,59,68)(H,60,69)(H,61,73)(H,62,74)(H,63,70)(H,64,71)(H,65,72)(H,76,77)/t38-,40-,41-,42-,43-,44-,45-,46-,47-/m0/s1. The highest BCUT2D eigenvalue weighted by molar-refractivity contribution is 5.98. The fourth-order valence-corrected chi connectivity index (χ4v) is 9.37. The van der Waals surface area contributed by atoms with Crippen LogP contribution in [0.2, 0.25) is 0 Å². The quantitative estimate of drug-likeness (QED) is 0.0477. The third-order valence-corrected chi connectivity index (χ3v) is 13.5. The first-order chi connectivity index (χ1) is 36.3. The lowest BCUT2D eigenvalue weighted by Gasteiger charge is -2.33. The Balaban J connectivity index is 1.46. The first kappa shape index (κ1) is 62.7. The van der Waals surface area contributed by atoms with E-state index in [0.29, 0.717) is 12.0 Å². The third kappa shape index (κ3) is 18.7. The summed E-state index contributed by atoms with van der Waals surface area (Å²) in [6, 6.07) is 5.75. The van der Waals surface area contributed by atoms with Crippen LogP contribution in [0.25, 0.3) is 10.9 Å². The van der Waals surface area contributed by atoms with Crippen LogP contribution in [0, 0.1) is 29.6 Å². The summed E-state index contributed by atoms with van der Waals surface area (Å²) < 4.78 is 0. The maximum atomic E-state index is 14.5. The number of carboxylic acids is 1. The molecule has 0 saturated carbocycles. The molecular weight excluding hydrogens is 989 g/mol. The lowest BCUT2D eigenvalue weighted by atomic mass is 9.98. The Bertz CT molecular complexity index is 2500. The van der Waals surface area contributed by atoms with Crippen LogP contribution in [0.4, 0.5) is 0 Å². The van der Waals surface area contributed by atoms with E-state index in [2.05, 4.69) is 42.2 Å². The fraction of sp³-hybridized carbons (Fsp3) is 0.589. The van der Waals surface area contributed by atoms with Gasteiger partial charge < -0.3 is 63.0 Å². The molecule has 1 saturated heterocycles. The number of likely N-dealkylation sites (tertiary alicyclic amines) is 1. The molecule has 0 unspecified atom stereocenters. The smallest absolute Gasteiger partial charge is 0.326 e. The molecule has 21 heteroatoms. The molecule has 12 N–H and O–H groups in total. The highest BCUT2D eigenvalue weighted by Crippen LogP contribution is 2.23. The second-order valence-corrected chi connectivity index (χ2v) is 22.2. The van der Waals surface area contributed by atoms with Crippen molar-refractivity contribution < 1.29 is 53.4 Å². The summed E-state index contributed by atoms with van der Waals surface area (Å²) in [6.07, 6.45) is 3.10. The minimum atomic E-state index is -1.54. The molecule has 424 valence electrons. The number of carboxylic acid groups (broad SMARTS) is 1. The molecule has 8 amide bonds. The Morgan fingerprint density at radius 2 is 1.05 bits per heavy atom. The van der Waals surface area contributed by atoms with E-state index in [1.165, 1.54) is 4.90 Å². The molecule has 1 aliphatic rings. The average Bonchev–Trinajstić information content (AvgIpc) is 4.03. The molecule has 0 bridgehead atoms. The topological polar surface area (TPSA) is 323 Å². The zero-order valence-corrected chi connectivity index (χ0v) is 46.3. The number of nitrogens with one attached hydrogen (secondary N) is 8. The highest BCUT2D eigenvalue weighted by Gasteiger charge is 2.41. The number of carbonyl (C=O) groups is 9. The van der Waals surface area contributed by atoms with Crippen LogP contribution < -0.4 is 43.0 Å². The van der Waals surface area contributed by atoms with Gasteiger partial charge in [-0.15, -0.1) is 0 Å². The molecule has 9 atom stereocenters. The second-order valence-electron chi connectivity index (χ2n) is 22.2. The number of hydrogen-bond donors (Lipinski definition) is 11. The van der Waals surface area contributed by atoms with E-state index in [1.54, 1.807) is 64.2 Å². The van der Waals surface area contributed by atoms with Gasteiger partial charge in [0.05, 0.1) is 12.6 Å². The third-order valence-electron chi connectivity index (χ3n) is 13.5. The second kappa shape index (κ2) is 29.6. The molecule has 2 aromatic carbocycles. The number of amides is 8. The number of aromatic amines is 1. The number of rotatable bonds is 29. The lowest BCUT2D eigenvalue weighted by molar-refractivity contribution is -0.144. The van der Waals surface area contributed by atoms with Crippen molar-refractivity contribution in [1.29, 1.82) is 0 Å². The zero-order valence-electron chi connectivity index (χ0n) is 46.3. The van der Waals surface area contributed by atoms with Crippen LogP contribution in [0.3, 0.4) is 0 Å². The Hall–Kier alpha value is -6.87. The summed E-state index contributed by atoms with van der Waals surface area (Å²) in [7, 11) is 0. The van der Waals surface area contributed by atoms with Crippen molar-refractivity contribution in [2.45, 2.75) is 169 Å². The minimum Gasteiger partial charge on any atom is -0.480 e. The number of nitrogens with two attached hydrogens (primary N) is 1. The predicted molar refractivity (Wildman–Crippen MR) is 291 cm³/mol. The van der Waals surface area contributed by atoms with Gasteiger partial charge in [-0.05, 0) is 85.3 Å². The van der Waals surface area contributed by atoms with E-state index < -0.39 is 126 Å². The van der Waals surface area contributed by atoms with E-state index in [1.807, 2.05) is 65.8 Å². The number of aromatic nitrogens is 1. The summed E-state index contributed by atoms with van der Waals surface area (Å²) in [4.78, 5) is 128. The van der Waals surface area contributed by atoms with E-state index in [-0.39, 0.29) is 62.8 Å². The van der Waals surface area contributed by atoms with Crippen molar-refractivity contribution in [1.82, 2.24) is 47.1 Å². The average molecular weight is 1070 g/mol. The van der Waals surface area contributed by atoms with Crippen molar-refractivity contribution in [2.24, 2.45) is 35.3 Å². The molecule has 2 heterocycles. The van der Waals surface area contributed by atoms with Crippen LogP contribution in [0.1, 0.15) is 112 Å². The van der Waals surface area contributed by atoms with Gasteiger partial charge in [0.2, 0.25) is 47.3 Å². The molecule has 3 aromatic rings. The van der Waals surface area contributed by atoms with Gasteiger partial charge in [-0.3, -0.25) is 38.4 Å². The van der Waals surface area contributed by atoms with Crippen LogP contribution in [-0.4, -0.2) is 141 Å². The molecular formula is C56H84N10O11.